The standard InChI is InChI=1S/C13H25NO4S/c1-11-6-4-7-12(10-11)14(2)19(16,17)9-5-8-13(15)18-3/h11-12H,4-10H2,1-3H3. The molecular formula is C13H25NO4S. The van der Waals surface area contributed by atoms with Gasteiger partial charge in [0.05, 0.1) is 12.9 Å². The van der Waals surface area contributed by atoms with Crippen molar-refractivity contribution >= 4 is 16.0 Å². The number of methoxy groups -OCH3 is 1. The first-order chi connectivity index (χ1) is 8.86. The highest BCUT2D eigenvalue weighted by atomic mass is 32.2. The van der Waals surface area contributed by atoms with Gasteiger partial charge in [0.1, 0.15) is 0 Å². The van der Waals surface area contributed by atoms with Crippen molar-refractivity contribution in [3.8, 4) is 0 Å². The van der Waals surface area contributed by atoms with Gasteiger partial charge in [-0.05, 0) is 25.2 Å². The highest BCUT2D eigenvalue weighted by Gasteiger charge is 2.29. The van der Waals surface area contributed by atoms with Gasteiger partial charge in [-0.1, -0.05) is 19.8 Å². The van der Waals surface area contributed by atoms with Crippen molar-refractivity contribution < 1.29 is 17.9 Å². The SMILES string of the molecule is COC(=O)CCCS(=O)(=O)N(C)C1CCCC(C)C1. The second-order valence-corrected chi connectivity index (χ2v) is 7.59. The zero-order chi connectivity index (χ0) is 14.5. The highest BCUT2D eigenvalue weighted by molar-refractivity contribution is 7.89. The lowest BCUT2D eigenvalue weighted by Gasteiger charge is -2.33. The summed E-state index contributed by atoms with van der Waals surface area (Å²) in [5, 5.41) is 0. The molecule has 0 radical (unpaired) electrons. The van der Waals surface area contributed by atoms with Gasteiger partial charge in [-0.3, -0.25) is 4.79 Å². The Labute approximate surface area is 116 Å². The van der Waals surface area contributed by atoms with Gasteiger partial charge in [0.25, 0.3) is 0 Å². The lowest BCUT2D eigenvalue weighted by Crippen LogP contribution is -2.41. The van der Waals surface area contributed by atoms with Crippen molar-refractivity contribution in [3.63, 3.8) is 0 Å². The van der Waals surface area contributed by atoms with Crippen molar-refractivity contribution in [2.24, 2.45) is 5.92 Å². The first-order valence-corrected chi connectivity index (χ1v) is 8.50. The predicted molar refractivity (Wildman–Crippen MR) is 74.2 cm³/mol. The average Bonchev–Trinajstić information content (AvgIpc) is 2.37. The number of sulfonamides is 1. The topological polar surface area (TPSA) is 63.7 Å². The molecule has 1 fully saturated rings. The maximum Gasteiger partial charge on any atom is 0.305 e. The monoisotopic (exact) mass is 291 g/mol. The molecule has 0 amide bonds. The van der Waals surface area contributed by atoms with Gasteiger partial charge in [0, 0.05) is 19.5 Å². The van der Waals surface area contributed by atoms with Crippen LogP contribution < -0.4 is 0 Å². The van der Waals surface area contributed by atoms with E-state index in [4.69, 9.17) is 0 Å². The smallest absolute Gasteiger partial charge is 0.305 e. The molecule has 19 heavy (non-hydrogen) atoms. The maximum atomic E-state index is 12.2. The summed E-state index contributed by atoms with van der Waals surface area (Å²) in [5.41, 5.74) is 0. The summed E-state index contributed by atoms with van der Waals surface area (Å²) < 4.78 is 30.4. The number of carbonyl (C=O) groups excluding carboxylic acids is 1. The maximum absolute atomic E-state index is 12.2. The molecule has 5 nitrogen and oxygen atoms in total. The fourth-order valence-corrected chi connectivity index (χ4v) is 4.05. The van der Waals surface area contributed by atoms with E-state index >= 15 is 0 Å². The van der Waals surface area contributed by atoms with Crippen molar-refractivity contribution in [1.82, 2.24) is 4.31 Å². The van der Waals surface area contributed by atoms with E-state index in [0.29, 0.717) is 12.3 Å². The molecule has 0 aliphatic heterocycles. The molecule has 0 aromatic heterocycles. The summed E-state index contributed by atoms with van der Waals surface area (Å²) in [6, 6.07) is 0.117. The molecule has 0 spiro atoms. The third-order valence-electron chi connectivity index (χ3n) is 3.87. The van der Waals surface area contributed by atoms with Crippen LogP contribution >= 0.6 is 0 Å². The molecule has 0 heterocycles. The van der Waals surface area contributed by atoms with Gasteiger partial charge in [0.2, 0.25) is 10.0 Å². The molecule has 1 rings (SSSR count). The Bertz CT molecular complexity index is 393. The number of hydrogen-bond acceptors (Lipinski definition) is 4. The van der Waals surface area contributed by atoms with Gasteiger partial charge in [-0.25, -0.2) is 12.7 Å². The molecule has 2 unspecified atom stereocenters. The zero-order valence-corrected chi connectivity index (χ0v) is 12.9. The molecule has 1 aliphatic rings. The summed E-state index contributed by atoms with van der Waals surface area (Å²) in [6.45, 7) is 2.17. The van der Waals surface area contributed by atoms with Gasteiger partial charge in [-0.2, -0.15) is 0 Å². The number of nitrogens with zero attached hydrogens (tertiary/aromatic N) is 1. The van der Waals surface area contributed by atoms with Crippen LogP contribution in [0.2, 0.25) is 0 Å². The zero-order valence-electron chi connectivity index (χ0n) is 12.1. The molecule has 0 aromatic rings. The van der Waals surface area contributed by atoms with Crippen molar-refractivity contribution in [2.45, 2.75) is 51.5 Å². The van der Waals surface area contributed by atoms with Crippen molar-refractivity contribution in [1.29, 1.82) is 0 Å². The van der Waals surface area contributed by atoms with Gasteiger partial charge in [0.15, 0.2) is 0 Å². The normalized spacial score (nSPS) is 24.4. The van der Waals surface area contributed by atoms with Crippen molar-refractivity contribution in [3.05, 3.63) is 0 Å². The van der Waals surface area contributed by atoms with E-state index in [0.717, 1.165) is 19.3 Å². The fourth-order valence-electron chi connectivity index (χ4n) is 2.60. The number of ether oxygens (including phenoxy) is 1. The second kappa shape index (κ2) is 7.24. The molecule has 1 saturated carbocycles. The second-order valence-electron chi connectivity index (χ2n) is 5.44. The number of carbonyl (C=O) groups is 1. The van der Waals surface area contributed by atoms with Crippen LogP contribution in [0.15, 0.2) is 0 Å². The van der Waals surface area contributed by atoms with E-state index in [1.54, 1.807) is 7.05 Å². The number of hydrogen-bond donors (Lipinski definition) is 0. The Morgan fingerprint density at radius 3 is 2.63 bits per heavy atom. The third-order valence-corrected chi connectivity index (χ3v) is 5.85. The summed E-state index contributed by atoms with van der Waals surface area (Å²) in [6.07, 6.45) is 4.64. The molecular weight excluding hydrogens is 266 g/mol. The first kappa shape index (κ1) is 16.4. The molecule has 0 saturated heterocycles. The van der Waals surface area contributed by atoms with Crippen LogP contribution in [0.3, 0.4) is 0 Å². The van der Waals surface area contributed by atoms with E-state index in [9.17, 15) is 13.2 Å². The minimum absolute atomic E-state index is 0.0173. The molecule has 0 N–H and O–H groups in total. The molecule has 2 atom stereocenters. The summed E-state index contributed by atoms with van der Waals surface area (Å²) >= 11 is 0. The Hall–Kier alpha value is -0.620. The van der Waals surface area contributed by atoms with Crippen LogP contribution in [0.1, 0.15) is 45.4 Å². The Kier molecular flexibility index (Phi) is 6.26. The summed E-state index contributed by atoms with van der Waals surface area (Å²) in [4.78, 5) is 11.0. The molecule has 6 heteroatoms. The summed E-state index contributed by atoms with van der Waals surface area (Å²) in [5.74, 6) is 0.249. The van der Waals surface area contributed by atoms with Crippen molar-refractivity contribution in [2.75, 3.05) is 19.9 Å². The fraction of sp³-hybridized carbons (Fsp3) is 0.923. The van der Waals surface area contributed by atoms with E-state index in [1.807, 2.05) is 0 Å². The van der Waals surface area contributed by atoms with E-state index < -0.39 is 10.0 Å². The molecule has 112 valence electrons. The van der Waals surface area contributed by atoms with Crippen LogP contribution in [-0.2, 0) is 19.6 Å². The summed E-state index contributed by atoms with van der Waals surface area (Å²) in [7, 11) is -0.287. The van der Waals surface area contributed by atoms with Gasteiger partial charge < -0.3 is 4.74 Å². The van der Waals surface area contributed by atoms with Crippen LogP contribution in [0.4, 0.5) is 0 Å². The van der Waals surface area contributed by atoms with E-state index in [1.165, 1.54) is 17.8 Å². The highest BCUT2D eigenvalue weighted by Crippen LogP contribution is 2.28. The Morgan fingerprint density at radius 2 is 2.05 bits per heavy atom. The van der Waals surface area contributed by atoms with Crippen LogP contribution in [0.25, 0.3) is 0 Å². The van der Waals surface area contributed by atoms with Crippen LogP contribution in [0.5, 0.6) is 0 Å². The van der Waals surface area contributed by atoms with E-state index in [-0.39, 0.29) is 24.2 Å². The quantitative estimate of drug-likeness (QED) is 0.700. The Balaban J connectivity index is 2.49. The molecule has 0 bridgehead atoms. The Morgan fingerprint density at radius 1 is 1.37 bits per heavy atom. The minimum Gasteiger partial charge on any atom is -0.469 e. The lowest BCUT2D eigenvalue weighted by atomic mass is 9.87. The largest absolute Gasteiger partial charge is 0.469 e. The lowest BCUT2D eigenvalue weighted by molar-refractivity contribution is -0.140. The van der Waals surface area contributed by atoms with Gasteiger partial charge in [-0.15, -0.1) is 0 Å². The van der Waals surface area contributed by atoms with Crippen LogP contribution in [0, 0.1) is 5.92 Å². The molecule has 0 aromatic carbocycles. The van der Waals surface area contributed by atoms with Crippen LogP contribution in [-0.4, -0.2) is 44.6 Å². The first-order valence-electron chi connectivity index (χ1n) is 6.89. The molecule has 1 aliphatic carbocycles. The minimum atomic E-state index is -3.26. The number of rotatable bonds is 6. The third kappa shape index (κ3) is 5.10. The van der Waals surface area contributed by atoms with E-state index in [2.05, 4.69) is 11.7 Å². The number of esters is 1. The predicted octanol–water partition coefficient (Wildman–Crippen LogP) is 1.78. The average molecular weight is 291 g/mol. The van der Waals surface area contributed by atoms with Gasteiger partial charge >= 0.3 is 5.97 Å².